The molecule has 2 rings (SSSR count). The van der Waals surface area contributed by atoms with Gasteiger partial charge in [-0.1, -0.05) is 41.4 Å². The van der Waals surface area contributed by atoms with Crippen LogP contribution in [0, 0.1) is 5.82 Å². The molecule has 0 unspecified atom stereocenters. The fourth-order valence-corrected chi connectivity index (χ4v) is 5.08. The zero-order valence-electron chi connectivity index (χ0n) is 15.9. The van der Waals surface area contributed by atoms with Crippen LogP contribution in [0.2, 0.25) is 10.0 Å². The average Bonchev–Trinajstić information content (AvgIpc) is 2.64. The maximum atomic E-state index is 13.6. The average molecular weight is 479 g/mol. The lowest BCUT2D eigenvalue weighted by Gasteiger charge is -2.29. The molecular weight excluding hydrogens is 458 g/mol. The number of amides is 1. The van der Waals surface area contributed by atoms with Gasteiger partial charge in [0.05, 0.1) is 17.0 Å². The zero-order valence-corrected chi connectivity index (χ0v) is 19.0. The van der Waals surface area contributed by atoms with Crippen molar-refractivity contribution in [1.82, 2.24) is 5.32 Å². The number of hydrogen-bond donors (Lipinski definition) is 1. The number of hydrogen-bond acceptors (Lipinski definition) is 4. The van der Waals surface area contributed by atoms with E-state index in [1.165, 1.54) is 43.0 Å². The summed E-state index contributed by atoms with van der Waals surface area (Å²) < 4.78 is 39.2. The Balaban J connectivity index is 1.97. The van der Waals surface area contributed by atoms with Gasteiger partial charge in [0.2, 0.25) is 15.9 Å². The monoisotopic (exact) mass is 478 g/mol. The van der Waals surface area contributed by atoms with Crippen molar-refractivity contribution >= 4 is 56.6 Å². The minimum absolute atomic E-state index is 0.137. The molecular formula is C19H21Cl2FN2O3S2. The highest BCUT2D eigenvalue weighted by molar-refractivity contribution is 7.98. The lowest BCUT2D eigenvalue weighted by Crippen LogP contribution is -2.48. The number of halogens is 3. The van der Waals surface area contributed by atoms with E-state index in [0.717, 1.165) is 10.6 Å². The van der Waals surface area contributed by atoms with Gasteiger partial charge < -0.3 is 5.32 Å². The van der Waals surface area contributed by atoms with Crippen LogP contribution in [0.4, 0.5) is 10.1 Å². The third-order valence-electron chi connectivity index (χ3n) is 4.00. The Morgan fingerprint density at radius 1 is 1.24 bits per heavy atom. The number of carbonyl (C=O) groups excluding carboxylic acids is 1. The molecule has 29 heavy (non-hydrogen) atoms. The molecule has 0 aromatic heterocycles. The van der Waals surface area contributed by atoms with Crippen molar-refractivity contribution in [3.63, 3.8) is 0 Å². The predicted molar refractivity (Wildman–Crippen MR) is 119 cm³/mol. The molecule has 10 heteroatoms. The summed E-state index contributed by atoms with van der Waals surface area (Å²) in [5, 5.41) is 3.17. The second-order valence-corrected chi connectivity index (χ2v) is 10.1. The number of benzene rings is 2. The second kappa shape index (κ2) is 10.5. The topological polar surface area (TPSA) is 66.5 Å². The molecule has 158 valence electrons. The predicted octanol–water partition coefficient (Wildman–Crippen LogP) is 4.34. The minimum atomic E-state index is -3.79. The molecule has 2 aromatic carbocycles. The quantitative estimate of drug-likeness (QED) is 0.544. The van der Waals surface area contributed by atoms with E-state index in [9.17, 15) is 17.6 Å². The summed E-state index contributed by atoms with van der Waals surface area (Å²) in [6.45, 7) is 1.78. The van der Waals surface area contributed by atoms with Crippen molar-refractivity contribution in [2.45, 2.75) is 18.7 Å². The van der Waals surface area contributed by atoms with Crippen LogP contribution in [0.25, 0.3) is 0 Å². The van der Waals surface area contributed by atoms with Crippen molar-refractivity contribution in [3.05, 3.63) is 63.9 Å². The van der Waals surface area contributed by atoms with E-state index in [0.29, 0.717) is 28.6 Å². The van der Waals surface area contributed by atoms with E-state index in [1.807, 2.05) is 0 Å². The summed E-state index contributed by atoms with van der Waals surface area (Å²) >= 11 is 13.6. The molecule has 5 nitrogen and oxygen atoms in total. The fourth-order valence-electron chi connectivity index (χ4n) is 2.63. The molecule has 1 amide bonds. The first-order chi connectivity index (χ1) is 13.6. The Labute approximate surface area is 184 Å². The van der Waals surface area contributed by atoms with Gasteiger partial charge in [0.15, 0.2) is 0 Å². The molecule has 0 aliphatic heterocycles. The van der Waals surface area contributed by atoms with Crippen LogP contribution in [-0.4, -0.2) is 38.9 Å². The molecule has 0 heterocycles. The van der Waals surface area contributed by atoms with Crippen LogP contribution in [0.5, 0.6) is 0 Å². The van der Waals surface area contributed by atoms with Gasteiger partial charge in [-0.25, -0.2) is 12.8 Å². The molecule has 1 atom stereocenters. The van der Waals surface area contributed by atoms with E-state index in [-0.39, 0.29) is 16.5 Å². The number of thioether (sulfide) groups is 1. The Kier molecular flexibility index (Phi) is 8.63. The lowest BCUT2D eigenvalue weighted by atomic mass is 10.2. The summed E-state index contributed by atoms with van der Waals surface area (Å²) in [5.41, 5.74) is 0.731. The summed E-state index contributed by atoms with van der Waals surface area (Å²) in [4.78, 5) is 12.5. The van der Waals surface area contributed by atoms with Crippen LogP contribution in [0.15, 0.2) is 42.5 Å². The third-order valence-corrected chi connectivity index (χ3v) is 6.79. The van der Waals surface area contributed by atoms with Crippen LogP contribution < -0.4 is 9.62 Å². The van der Waals surface area contributed by atoms with Gasteiger partial charge in [0.25, 0.3) is 0 Å². The highest BCUT2D eigenvalue weighted by Gasteiger charge is 2.30. The van der Waals surface area contributed by atoms with Gasteiger partial charge in [0.1, 0.15) is 11.9 Å². The van der Waals surface area contributed by atoms with Crippen LogP contribution >= 0.6 is 35.0 Å². The van der Waals surface area contributed by atoms with Gasteiger partial charge in [-0.05, 0) is 36.8 Å². The van der Waals surface area contributed by atoms with Crippen molar-refractivity contribution in [2.24, 2.45) is 0 Å². The summed E-state index contributed by atoms with van der Waals surface area (Å²) in [5.74, 6) is 0.285. The maximum absolute atomic E-state index is 13.6. The minimum Gasteiger partial charge on any atom is -0.353 e. The molecule has 1 N–H and O–H groups in total. The highest BCUT2D eigenvalue weighted by atomic mass is 35.5. The van der Waals surface area contributed by atoms with E-state index < -0.39 is 22.0 Å². The van der Waals surface area contributed by atoms with E-state index >= 15 is 0 Å². The third kappa shape index (κ3) is 6.77. The Morgan fingerprint density at radius 3 is 2.59 bits per heavy atom. The Morgan fingerprint density at radius 2 is 1.93 bits per heavy atom. The smallest absolute Gasteiger partial charge is 0.243 e. The fraction of sp³-hybridized carbons (Fsp3) is 0.316. The number of anilines is 1. The number of nitrogens with one attached hydrogen (secondary N) is 1. The largest absolute Gasteiger partial charge is 0.353 e. The lowest BCUT2D eigenvalue weighted by molar-refractivity contribution is -0.121. The number of rotatable bonds is 9. The van der Waals surface area contributed by atoms with Crippen molar-refractivity contribution in [2.75, 3.05) is 22.9 Å². The molecule has 0 aliphatic rings. The standard InChI is InChI=1S/C19H21Cl2FN2O3S2/c1-13(24(29(2,26)27)18-11-15(20)7-8-16(18)21)19(25)23-9-10-28-12-14-5-3-4-6-17(14)22/h3-8,11,13H,9-10,12H2,1-2H3,(H,23,25)/t13-/m0/s1. The van der Waals surface area contributed by atoms with E-state index in [1.54, 1.807) is 18.2 Å². The molecule has 0 bridgehead atoms. The first kappa shape index (κ1) is 23.8. The van der Waals surface area contributed by atoms with Gasteiger partial charge in [-0.2, -0.15) is 11.8 Å². The normalized spacial score (nSPS) is 12.4. The zero-order chi connectivity index (χ0) is 21.6. The molecule has 0 fully saturated rings. The molecule has 0 radical (unpaired) electrons. The summed E-state index contributed by atoms with van der Waals surface area (Å²) in [7, 11) is -3.79. The van der Waals surface area contributed by atoms with Crippen LogP contribution in [0.1, 0.15) is 12.5 Å². The molecule has 0 spiro atoms. The Bertz CT molecular complexity index is 974. The van der Waals surface area contributed by atoms with Crippen molar-refractivity contribution < 1.29 is 17.6 Å². The second-order valence-electron chi connectivity index (χ2n) is 6.27. The number of nitrogens with zero attached hydrogens (tertiary/aromatic N) is 1. The SMILES string of the molecule is C[C@@H](C(=O)NCCSCc1ccccc1F)N(c1cc(Cl)ccc1Cl)S(C)(=O)=O. The van der Waals surface area contributed by atoms with Gasteiger partial charge >= 0.3 is 0 Å². The van der Waals surface area contributed by atoms with Crippen molar-refractivity contribution in [3.8, 4) is 0 Å². The summed E-state index contributed by atoms with van der Waals surface area (Å²) in [6, 6.07) is 9.89. The molecule has 0 saturated heterocycles. The van der Waals surface area contributed by atoms with Crippen molar-refractivity contribution in [1.29, 1.82) is 0 Å². The number of carbonyl (C=O) groups is 1. The van der Waals surface area contributed by atoms with Crippen LogP contribution in [0.3, 0.4) is 0 Å². The van der Waals surface area contributed by atoms with Gasteiger partial charge in [0, 0.05) is 23.1 Å². The molecule has 0 saturated carbocycles. The first-order valence-electron chi connectivity index (χ1n) is 8.64. The van der Waals surface area contributed by atoms with E-state index in [2.05, 4.69) is 5.32 Å². The number of sulfonamides is 1. The molecule has 2 aromatic rings. The van der Waals surface area contributed by atoms with E-state index in [4.69, 9.17) is 23.2 Å². The van der Waals surface area contributed by atoms with Gasteiger partial charge in [-0.15, -0.1) is 0 Å². The Hall–Kier alpha value is -1.48. The first-order valence-corrected chi connectivity index (χ1v) is 12.4. The maximum Gasteiger partial charge on any atom is 0.243 e. The molecule has 0 aliphatic carbocycles. The highest BCUT2D eigenvalue weighted by Crippen LogP contribution is 2.32. The van der Waals surface area contributed by atoms with Gasteiger partial charge in [-0.3, -0.25) is 9.10 Å². The summed E-state index contributed by atoms with van der Waals surface area (Å²) in [6.07, 6.45) is 0.998. The van der Waals surface area contributed by atoms with Crippen LogP contribution in [-0.2, 0) is 20.6 Å².